The lowest BCUT2D eigenvalue weighted by atomic mass is 10.1. The van der Waals surface area contributed by atoms with Crippen LogP contribution in [0.2, 0.25) is 0 Å². The number of carbonyl (C=O) groups excluding carboxylic acids is 1. The highest BCUT2D eigenvalue weighted by Crippen LogP contribution is 2.28. The number of rotatable bonds is 2. The van der Waals surface area contributed by atoms with Crippen LogP contribution >= 0.6 is 0 Å². The molecule has 0 atom stereocenters. The van der Waals surface area contributed by atoms with Gasteiger partial charge in [0.15, 0.2) is 0 Å². The van der Waals surface area contributed by atoms with Crippen LogP contribution in [0.25, 0.3) is 16.9 Å². The van der Waals surface area contributed by atoms with Crippen molar-refractivity contribution in [2.24, 2.45) is 0 Å². The number of hydrogen-bond acceptors (Lipinski definition) is 3. The van der Waals surface area contributed by atoms with Crippen LogP contribution in [-0.2, 0) is 11.2 Å². The number of fused-ring (bicyclic) bond motifs is 1. The average Bonchev–Trinajstić information content (AvgIpc) is 3.12. The maximum Gasteiger partial charge on any atom is 0.228 e. The SMILES string of the molecule is O=C1Cc2cc(-c3cn(-c4ccccc4)nn3)ccc2N1. The number of nitrogens with one attached hydrogen (secondary N) is 1. The van der Waals surface area contributed by atoms with Crippen LogP contribution in [-0.4, -0.2) is 20.9 Å². The van der Waals surface area contributed by atoms with Crippen molar-refractivity contribution in [3.05, 3.63) is 60.3 Å². The Labute approximate surface area is 121 Å². The summed E-state index contributed by atoms with van der Waals surface area (Å²) in [4.78, 5) is 11.4. The van der Waals surface area contributed by atoms with Crippen LogP contribution in [0, 0.1) is 0 Å². The van der Waals surface area contributed by atoms with Crippen LogP contribution in [0.5, 0.6) is 0 Å². The van der Waals surface area contributed by atoms with Gasteiger partial charge < -0.3 is 5.32 Å². The Morgan fingerprint density at radius 3 is 2.81 bits per heavy atom. The predicted molar refractivity (Wildman–Crippen MR) is 79.1 cm³/mol. The lowest BCUT2D eigenvalue weighted by Crippen LogP contribution is -2.03. The highest BCUT2D eigenvalue weighted by atomic mass is 16.1. The van der Waals surface area contributed by atoms with E-state index in [0.717, 1.165) is 28.2 Å². The minimum atomic E-state index is 0.0371. The lowest BCUT2D eigenvalue weighted by Gasteiger charge is -2.01. The van der Waals surface area contributed by atoms with E-state index < -0.39 is 0 Å². The molecule has 5 heteroatoms. The summed E-state index contributed by atoms with van der Waals surface area (Å²) in [6, 6.07) is 15.7. The summed E-state index contributed by atoms with van der Waals surface area (Å²) in [5, 5.41) is 11.2. The fourth-order valence-electron chi connectivity index (χ4n) is 2.49. The summed E-state index contributed by atoms with van der Waals surface area (Å²) in [6.45, 7) is 0. The number of carbonyl (C=O) groups is 1. The summed E-state index contributed by atoms with van der Waals surface area (Å²) < 4.78 is 1.74. The number of aromatic nitrogens is 3. The van der Waals surface area contributed by atoms with Gasteiger partial charge in [0.1, 0.15) is 5.69 Å². The average molecular weight is 276 g/mol. The maximum atomic E-state index is 11.4. The van der Waals surface area contributed by atoms with E-state index in [2.05, 4.69) is 15.6 Å². The largest absolute Gasteiger partial charge is 0.326 e. The topological polar surface area (TPSA) is 59.8 Å². The Bertz CT molecular complexity index is 823. The first kappa shape index (κ1) is 11.8. The van der Waals surface area contributed by atoms with E-state index in [1.165, 1.54) is 0 Å². The molecule has 1 aromatic heterocycles. The van der Waals surface area contributed by atoms with E-state index in [4.69, 9.17) is 0 Å². The molecule has 102 valence electrons. The van der Waals surface area contributed by atoms with Gasteiger partial charge in [-0.05, 0) is 29.8 Å². The zero-order valence-corrected chi connectivity index (χ0v) is 11.2. The monoisotopic (exact) mass is 276 g/mol. The van der Waals surface area contributed by atoms with Crippen molar-refractivity contribution in [2.75, 3.05) is 5.32 Å². The molecule has 0 saturated carbocycles. The van der Waals surface area contributed by atoms with Crippen molar-refractivity contribution in [1.29, 1.82) is 0 Å². The zero-order valence-electron chi connectivity index (χ0n) is 11.2. The van der Waals surface area contributed by atoms with Gasteiger partial charge in [-0.15, -0.1) is 5.10 Å². The highest BCUT2D eigenvalue weighted by molar-refractivity contribution is 5.99. The van der Waals surface area contributed by atoms with Crippen molar-refractivity contribution in [3.63, 3.8) is 0 Å². The quantitative estimate of drug-likeness (QED) is 0.782. The van der Waals surface area contributed by atoms with Gasteiger partial charge in [0, 0.05) is 11.3 Å². The number of hydrogen-bond donors (Lipinski definition) is 1. The molecule has 1 amide bonds. The first-order chi connectivity index (χ1) is 10.3. The Balaban J connectivity index is 1.71. The molecule has 2 heterocycles. The molecule has 1 aliphatic rings. The molecule has 4 rings (SSSR count). The molecule has 1 aliphatic heterocycles. The molecule has 0 radical (unpaired) electrons. The van der Waals surface area contributed by atoms with E-state index in [1.54, 1.807) is 4.68 Å². The van der Waals surface area contributed by atoms with E-state index in [1.807, 2.05) is 54.7 Å². The summed E-state index contributed by atoms with van der Waals surface area (Å²) in [6.07, 6.45) is 2.32. The molecule has 1 N–H and O–H groups in total. The first-order valence-corrected chi connectivity index (χ1v) is 6.70. The number of anilines is 1. The molecule has 2 aromatic carbocycles. The van der Waals surface area contributed by atoms with E-state index >= 15 is 0 Å². The standard InChI is InChI=1S/C16H12N4O/c21-16-9-12-8-11(6-7-14(12)17-16)15-10-20(19-18-15)13-4-2-1-3-5-13/h1-8,10H,9H2,(H,17,21). The minimum Gasteiger partial charge on any atom is -0.326 e. The Kier molecular flexibility index (Phi) is 2.57. The maximum absolute atomic E-state index is 11.4. The summed E-state index contributed by atoms with van der Waals surface area (Å²) in [5.41, 5.74) is 4.62. The van der Waals surface area contributed by atoms with E-state index in [9.17, 15) is 4.79 Å². The van der Waals surface area contributed by atoms with Gasteiger partial charge in [-0.2, -0.15) is 0 Å². The molecular formula is C16H12N4O. The second kappa shape index (κ2) is 4.56. The number of para-hydroxylation sites is 1. The summed E-state index contributed by atoms with van der Waals surface area (Å²) in [5.74, 6) is 0.0371. The molecule has 0 aliphatic carbocycles. The third-order valence-electron chi connectivity index (χ3n) is 3.54. The van der Waals surface area contributed by atoms with Gasteiger partial charge in [-0.25, -0.2) is 4.68 Å². The normalized spacial score (nSPS) is 13.0. The smallest absolute Gasteiger partial charge is 0.228 e. The van der Waals surface area contributed by atoms with Crippen molar-refractivity contribution < 1.29 is 4.79 Å². The van der Waals surface area contributed by atoms with Gasteiger partial charge in [-0.1, -0.05) is 29.5 Å². The predicted octanol–water partition coefficient (Wildman–Crippen LogP) is 2.43. The molecule has 0 saturated heterocycles. The fraction of sp³-hybridized carbons (Fsp3) is 0.0625. The van der Waals surface area contributed by atoms with Crippen molar-refractivity contribution >= 4 is 11.6 Å². The highest BCUT2D eigenvalue weighted by Gasteiger charge is 2.18. The van der Waals surface area contributed by atoms with Crippen LogP contribution < -0.4 is 5.32 Å². The third-order valence-corrected chi connectivity index (χ3v) is 3.54. The van der Waals surface area contributed by atoms with E-state index in [0.29, 0.717) is 6.42 Å². The molecule has 3 aromatic rings. The van der Waals surface area contributed by atoms with Gasteiger partial charge in [0.05, 0.1) is 18.3 Å². The molecule has 0 spiro atoms. The minimum absolute atomic E-state index is 0.0371. The van der Waals surface area contributed by atoms with Crippen molar-refractivity contribution in [1.82, 2.24) is 15.0 Å². The third kappa shape index (κ3) is 2.08. The van der Waals surface area contributed by atoms with Gasteiger partial charge in [-0.3, -0.25) is 4.79 Å². The Hall–Kier alpha value is -2.95. The molecule has 0 fully saturated rings. The number of amides is 1. The van der Waals surface area contributed by atoms with Gasteiger partial charge in [0.2, 0.25) is 5.91 Å². The molecular weight excluding hydrogens is 264 g/mol. The van der Waals surface area contributed by atoms with Crippen LogP contribution in [0.15, 0.2) is 54.7 Å². The number of nitrogens with zero attached hydrogens (tertiary/aromatic N) is 3. The number of benzene rings is 2. The second-order valence-corrected chi connectivity index (χ2v) is 4.98. The van der Waals surface area contributed by atoms with E-state index in [-0.39, 0.29) is 5.91 Å². The van der Waals surface area contributed by atoms with Crippen LogP contribution in [0.3, 0.4) is 0 Å². The second-order valence-electron chi connectivity index (χ2n) is 4.98. The molecule has 0 bridgehead atoms. The Morgan fingerprint density at radius 1 is 1.10 bits per heavy atom. The van der Waals surface area contributed by atoms with Crippen molar-refractivity contribution in [3.8, 4) is 16.9 Å². The van der Waals surface area contributed by atoms with Gasteiger partial charge in [0.25, 0.3) is 0 Å². The Morgan fingerprint density at radius 2 is 1.95 bits per heavy atom. The van der Waals surface area contributed by atoms with Crippen LogP contribution in [0.1, 0.15) is 5.56 Å². The van der Waals surface area contributed by atoms with Crippen molar-refractivity contribution in [2.45, 2.75) is 6.42 Å². The molecule has 21 heavy (non-hydrogen) atoms. The zero-order chi connectivity index (χ0) is 14.2. The fourth-order valence-corrected chi connectivity index (χ4v) is 2.49. The first-order valence-electron chi connectivity index (χ1n) is 6.70. The summed E-state index contributed by atoms with van der Waals surface area (Å²) >= 11 is 0. The lowest BCUT2D eigenvalue weighted by molar-refractivity contribution is -0.115. The molecule has 5 nitrogen and oxygen atoms in total. The van der Waals surface area contributed by atoms with Crippen LogP contribution in [0.4, 0.5) is 5.69 Å². The molecule has 0 unspecified atom stereocenters. The van der Waals surface area contributed by atoms with Gasteiger partial charge >= 0.3 is 0 Å². The summed E-state index contributed by atoms with van der Waals surface area (Å²) in [7, 11) is 0.